The Morgan fingerprint density at radius 1 is 1.27 bits per heavy atom. The van der Waals surface area contributed by atoms with Gasteiger partial charge in [-0.25, -0.2) is 4.39 Å². The van der Waals surface area contributed by atoms with Crippen LogP contribution in [0.1, 0.15) is 25.0 Å². The summed E-state index contributed by atoms with van der Waals surface area (Å²) in [6, 6.07) is 10.3. The van der Waals surface area contributed by atoms with Crippen LogP contribution in [0.25, 0.3) is 10.8 Å². The molecule has 0 amide bonds. The summed E-state index contributed by atoms with van der Waals surface area (Å²) < 4.78 is 13.3. The molecule has 1 nitrogen and oxygen atoms in total. The second-order valence-electron chi connectivity index (χ2n) is 3.64. The average molecular weight is 204 g/mol. The molecule has 0 bridgehead atoms. The standard InChI is InChI=1S/C13H13FO/c1-2-13(15)10-6-7-11-9(8-10)4-3-5-12(11)14/h3-8,13,15H,2H2,1H3. The quantitative estimate of drug-likeness (QED) is 0.794. The van der Waals surface area contributed by atoms with Crippen LogP contribution >= 0.6 is 0 Å². The van der Waals surface area contributed by atoms with Crippen LogP contribution in [0.2, 0.25) is 0 Å². The van der Waals surface area contributed by atoms with E-state index in [2.05, 4.69) is 0 Å². The van der Waals surface area contributed by atoms with Crippen LogP contribution in [0, 0.1) is 5.82 Å². The smallest absolute Gasteiger partial charge is 0.131 e. The highest BCUT2D eigenvalue weighted by atomic mass is 19.1. The average Bonchev–Trinajstić information content (AvgIpc) is 2.28. The Balaban J connectivity index is 2.57. The highest BCUT2D eigenvalue weighted by Gasteiger charge is 2.06. The van der Waals surface area contributed by atoms with Crippen LogP contribution < -0.4 is 0 Å². The molecule has 2 aromatic carbocycles. The number of rotatable bonds is 2. The first-order chi connectivity index (χ1) is 7.22. The molecule has 0 heterocycles. The molecule has 1 N–H and O–H groups in total. The van der Waals surface area contributed by atoms with Crippen LogP contribution in [0.5, 0.6) is 0 Å². The van der Waals surface area contributed by atoms with E-state index < -0.39 is 6.10 Å². The first-order valence-electron chi connectivity index (χ1n) is 5.08. The van der Waals surface area contributed by atoms with E-state index in [1.807, 2.05) is 19.1 Å². The molecular weight excluding hydrogens is 191 g/mol. The molecule has 0 aliphatic heterocycles. The number of aliphatic hydroxyl groups excluding tert-OH is 1. The van der Waals surface area contributed by atoms with Crippen molar-refractivity contribution in [1.82, 2.24) is 0 Å². The lowest BCUT2D eigenvalue weighted by Gasteiger charge is -2.09. The summed E-state index contributed by atoms with van der Waals surface area (Å²) in [6.45, 7) is 1.92. The van der Waals surface area contributed by atoms with Gasteiger partial charge in [-0.2, -0.15) is 0 Å². The van der Waals surface area contributed by atoms with Crippen molar-refractivity contribution in [3.8, 4) is 0 Å². The van der Waals surface area contributed by atoms with E-state index in [1.54, 1.807) is 18.2 Å². The Hall–Kier alpha value is -1.41. The summed E-state index contributed by atoms with van der Waals surface area (Å²) in [6.07, 6.45) is 0.207. The Bertz CT molecular complexity index is 479. The van der Waals surface area contributed by atoms with E-state index in [0.29, 0.717) is 11.8 Å². The molecule has 0 saturated carbocycles. The summed E-state index contributed by atoms with van der Waals surface area (Å²) >= 11 is 0. The van der Waals surface area contributed by atoms with Gasteiger partial charge in [-0.3, -0.25) is 0 Å². The minimum atomic E-state index is -0.460. The Kier molecular flexibility index (Phi) is 2.69. The van der Waals surface area contributed by atoms with Crippen LogP contribution in [-0.2, 0) is 0 Å². The molecule has 2 heteroatoms. The third-order valence-corrected chi connectivity index (χ3v) is 2.62. The van der Waals surface area contributed by atoms with Gasteiger partial charge in [0.1, 0.15) is 5.82 Å². The Morgan fingerprint density at radius 2 is 2.07 bits per heavy atom. The summed E-state index contributed by atoms with van der Waals surface area (Å²) in [5.74, 6) is -0.218. The molecule has 0 spiro atoms. The maximum atomic E-state index is 13.3. The van der Waals surface area contributed by atoms with Gasteiger partial charge in [0.15, 0.2) is 0 Å². The van der Waals surface area contributed by atoms with Gasteiger partial charge in [-0.1, -0.05) is 31.2 Å². The normalized spacial score (nSPS) is 13.0. The van der Waals surface area contributed by atoms with Crippen molar-refractivity contribution >= 4 is 10.8 Å². The van der Waals surface area contributed by atoms with Gasteiger partial charge in [0.2, 0.25) is 0 Å². The van der Waals surface area contributed by atoms with E-state index in [4.69, 9.17) is 0 Å². The third-order valence-electron chi connectivity index (χ3n) is 2.62. The van der Waals surface area contributed by atoms with Gasteiger partial charge in [0.25, 0.3) is 0 Å². The lowest BCUT2D eigenvalue weighted by molar-refractivity contribution is 0.174. The number of halogens is 1. The fourth-order valence-electron chi connectivity index (χ4n) is 1.71. The lowest BCUT2D eigenvalue weighted by Crippen LogP contribution is -1.94. The van der Waals surface area contributed by atoms with Crippen molar-refractivity contribution in [3.05, 3.63) is 47.8 Å². The van der Waals surface area contributed by atoms with Gasteiger partial charge in [0.05, 0.1) is 6.10 Å². The highest BCUT2D eigenvalue weighted by Crippen LogP contribution is 2.23. The molecular formula is C13H13FO. The molecule has 0 saturated heterocycles. The predicted octanol–water partition coefficient (Wildman–Crippen LogP) is 3.42. The molecule has 1 unspecified atom stereocenters. The van der Waals surface area contributed by atoms with Gasteiger partial charge in [-0.15, -0.1) is 0 Å². The molecule has 1 atom stereocenters. The molecule has 0 aliphatic rings. The fraction of sp³-hybridized carbons (Fsp3) is 0.231. The molecule has 0 radical (unpaired) electrons. The Labute approximate surface area is 88.2 Å². The number of benzene rings is 2. The second kappa shape index (κ2) is 3.99. The summed E-state index contributed by atoms with van der Waals surface area (Å²) in [4.78, 5) is 0. The SMILES string of the molecule is CCC(O)c1ccc2c(F)cccc2c1. The van der Waals surface area contributed by atoms with Crippen molar-refractivity contribution in [2.45, 2.75) is 19.4 Å². The fourth-order valence-corrected chi connectivity index (χ4v) is 1.71. The van der Waals surface area contributed by atoms with Gasteiger partial charge >= 0.3 is 0 Å². The van der Waals surface area contributed by atoms with E-state index in [-0.39, 0.29) is 5.82 Å². The molecule has 2 rings (SSSR count). The van der Waals surface area contributed by atoms with E-state index in [0.717, 1.165) is 10.9 Å². The maximum absolute atomic E-state index is 13.3. The van der Waals surface area contributed by atoms with E-state index >= 15 is 0 Å². The third kappa shape index (κ3) is 1.85. The molecule has 0 aliphatic carbocycles. The maximum Gasteiger partial charge on any atom is 0.131 e. The minimum absolute atomic E-state index is 0.218. The van der Waals surface area contributed by atoms with Crippen LogP contribution in [0.3, 0.4) is 0 Å². The largest absolute Gasteiger partial charge is 0.388 e. The summed E-state index contributed by atoms with van der Waals surface area (Å²) in [5.41, 5.74) is 0.843. The van der Waals surface area contributed by atoms with Crippen LogP contribution in [0.15, 0.2) is 36.4 Å². The summed E-state index contributed by atoms with van der Waals surface area (Å²) in [5, 5.41) is 11.1. The minimum Gasteiger partial charge on any atom is -0.388 e. The van der Waals surface area contributed by atoms with Crippen molar-refractivity contribution in [2.24, 2.45) is 0 Å². The lowest BCUT2D eigenvalue weighted by atomic mass is 10.0. The molecule has 0 fully saturated rings. The van der Waals surface area contributed by atoms with Crippen LogP contribution in [-0.4, -0.2) is 5.11 Å². The number of hydrogen-bond donors (Lipinski definition) is 1. The zero-order chi connectivity index (χ0) is 10.8. The van der Waals surface area contributed by atoms with Crippen molar-refractivity contribution < 1.29 is 9.50 Å². The van der Waals surface area contributed by atoms with E-state index in [9.17, 15) is 9.50 Å². The zero-order valence-corrected chi connectivity index (χ0v) is 8.57. The molecule has 0 aromatic heterocycles. The van der Waals surface area contributed by atoms with Gasteiger partial charge in [-0.05, 0) is 29.5 Å². The summed E-state index contributed by atoms with van der Waals surface area (Å²) in [7, 11) is 0. The van der Waals surface area contributed by atoms with Crippen molar-refractivity contribution in [3.63, 3.8) is 0 Å². The Morgan fingerprint density at radius 3 is 2.80 bits per heavy atom. The topological polar surface area (TPSA) is 20.2 Å². The highest BCUT2D eigenvalue weighted by molar-refractivity contribution is 5.83. The molecule has 2 aromatic rings. The first-order valence-corrected chi connectivity index (χ1v) is 5.08. The van der Waals surface area contributed by atoms with Gasteiger partial charge in [0, 0.05) is 5.39 Å². The van der Waals surface area contributed by atoms with E-state index in [1.165, 1.54) is 6.07 Å². The zero-order valence-electron chi connectivity index (χ0n) is 8.57. The first kappa shape index (κ1) is 10.1. The van der Waals surface area contributed by atoms with Crippen molar-refractivity contribution in [2.75, 3.05) is 0 Å². The second-order valence-corrected chi connectivity index (χ2v) is 3.64. The predicted molar refractivity (Wildman–Crippen MR) is 59.2 cm³/mol. The monoisotopic (exact) mass is 204 g/mol. The van der Waals surface area contributed by atoms with Gasteiger partial charge < -0.3 is 5.11 Å². The molecule has 15 heavy (non-hydrogen) atoms. The van der Waals surface area contributed by atoms with Crippen LogP contribution in [0.4, 0.5) is 4.39 Å². The van der Waals surface area contributed by atoms with Crippen molar-refractivity contribution in [1.29, 1.82) is 0 Å². The number of aliphatic hydroxyl groups is 1. The molecule has 78 valence electrons. The number of fused-ring (bicyclic) bond motifs is 1. The number of hydrogen-bond acceptors (Lipinski definition) is 1.